The first-order valence-corrected chi connectivity index (χ1v) is 6.90. The highest BCUT2D eigenvalue weighted by Gasteiger charge is 2.22. The maximum Gasteiger partial charge on any atom is 0.256 e. The maximum atomic E-state index is 12.5. The predicted octanol–water partition coefficient (Wildman–Crippen LogP) is 3.46. The van der Waals surface area contributed by atoms with Gasteiger partial charge in [0.25, 0.3) is 5.91 Å². The van der Waals surface area contributed by atoms with E-state index < -0.39 is 0 Å². The summed E-state index contributed by atoms with van der Waals surface area (Å²) in [4.78, 5) is 14.1. The van der Waals surface area contributed by atoms with Crippen LogP contribution in [0.4, 0.5) is 5.69 Å². The third kappa shape index (κ3) is 2.95. The summed E-state index contributed by atoms with van der Waals surface area (Å²) < 4.78 is 0. The van der Waals surface area contributed by atoms with Crippen LogP contribution in [0.1, 0.15) is 28.9 Å². The van der Waals surface area contributed by atoms with Crippen LogP contribution in [0.15, 0.2) is 42.5 Å². The predicted molar refractivity (Wildman–Crippen MR) is 84.5 cm³/mol. The van der Waals surface area contributed by atoms with E-state index in [4.69, 9.17) is 17.3 Å². The van der Waals surface area contributed by atoms with Crippen molar-refractivity contribution in [1.82, 2.24) is 4.90 Å². The number of hydrogen-bond donors (Lipinski definition) is 2. The number of nitrogens with zero attached hydrogens (tertiary/aromatic N) is 1. The fourth-order valence-corrected chi connectivity index (χ4v) is 2.31. The quantitative estimate of drug-likeness (QED) is 0.853. The van der Waals surface area contributed by atoms with Gasteiger partial charge in [-0.15, -0.1) is 0 Å². The number of anilines is 1. The average Bonchev–Trinajstić information content (AvgIpc) is 2.48. The van der Waals surface area contributed by atoms with Gasteiger partial charge in [-0.1, -0.05) is 35.9 Å². The second-order valence-electron chi connectivity index (χ2n) is 4.85. The molecule has 1 amide bonds. The standard InChI is InChI=1S/C16H17ClN2O2/c1-10(11-6-3-4-9-14(11)20)19(2)16(21)12-7-5-8-13(17)15(12)18/h3-10,20H,18H2,1-2H3. The number of phenols is 1. The molecule has 0 aliphatic carbocycles. The molecule has 0 bridgehead atoms. The number of para-hydroxylation sites is 2. The molecule has 0 aromatic heterocycles. The van der Waals surface area contributed by atoms with Gasteiger partial charge in [-0.3, -0.25) is 4.79 Å². The molecule has 21 heavy (non-hydrogen) atoms. The molecule has 110 valence electrons. The second kappa shape index (κ2) is 6.06. The number of nitrogen functional groups attached to an aromatic ring is 1. The third-order valence-electron chi connectivity index (χ3n) is 3.57. The van der Waals surface area contributed by atoms with E-state index in [0.717, 1.165) is 0 Å². The van der Waals surface area contributed by atoms with Gasteiger partial charge in [-0.2, -0.15) is 0 Å². The van der Waals surface area contributed by atoms with Crippen molar-refractivity contribution in [2.75, 3.05) is 12.8 Å². The molecular weight excluding hydrogens is 288 g/mol. The molecule has 1 unspecified atom stereocenters. The van der Waals surface area contributed by atoms with Gasteiger partial charge in [0, 0.05) is 12.6 Å². The van der Waals surface area contributed by atoms with Crippen molar-refractivity contribution in [2.45, 2.75) is 13.0 Å². The minimum Gasteiger partial charge on any atom is -0.508 e. The van der Waals surface area contributed by atoms with E-state index in [9.17, 15) is 9.90 Å². The zero-order chi connectivity index (χ0) is 15.6. The Hall–Kier alpha value is -2.20. The first kappa shape index (κ1) is 15.2. The van der Waals surface area contributed by atoms with Crippen LogP contribution in [-0.4, -0.2) is 23.0 Å². The highest BCUT2D eigenvalue weighted by molar-refractivity contribution is 6.33. The summed E-state index contributed by atoms with van der Waals surface area (Å²) >= 11 is 5.95. The Morgan fingerprint density at radius 3 is 2.57 bits per heavy atom. The van der Waals surface area contributed by atoms with Crippen molar-refractivity contribution in [2.24, 2.45) is 0 Å². The molecule has 0 aliphatic heterocycles. The molecule has 3 N–H and O–H groups in total. The van der Waals surface area contributed by atoms with Gasteiger partial charge < -0.3 is 15.7 Å². The molecular formula is C16H17ClN2O2. The van der Waals surface area contributed by atoms with Gasteiger partial charge >= 0.3 is 0 Å². The van der Waals surface area contributed by atoms with Gasteiger partial charge in [0.2, 0.25) is 0 Å². The highest BCUT2D eigenvalue weighted by Crippen LogP contribution is 2.30. The molecule has 0 aliphatic rings. The van der Waals surface area contributed by atoms with Crippen LogP contribution in [0.2, 0.25) is 5.02 Å². The summed E-state index contributed by atoms with van der Waals surface area (Å²) in [6, 6.07) is 11.6. The van der Waals surface area contributed by atoms with Crippen molar-refractivity contribution in [3.05, 3.63) is 58.6 Å². The number of nitrogens with two attached hydrogens (primary N) is 1. The molecule has 2 aromatic rings. The van der Waals surface area contributed by atoms with E-state index >= 15 is 0 Å². The first-order chi connectivity index (χ1) is 9.93. The lowest BCUT2D eigenvalue weighted by molar-refractivity contribution is 0.0742. The number of phenolic OH excluding ortho intramolecular Hbond substituents is 1. The largest absolute Gasteiger partial charge is 0.508 e. The normalized spacial score (nSPS) is 12.0. The highest BCUT2D eigenvalue weighted by atomic mass is 35.5. The lowest BCUT2D eigenvalue weighted by Gasteiger charge is -2.26. The number of halogens is 1. The average molecular weight is 305 g/mol. The summed E-state index contributed by atoms with van der Waals surface area (Å²) in [7, 11) is 1.67. The van der Waals surface area contributed by atoms with Gasteiger partial charge in [0.1, 0.15) is 5.75 Å². The van der Waals surface area contributed by atoms with E-state index in [1.165, 1.54) is 4.90 Å². The Morgan fingerprint density at radius 2 is 1.90 bits per heavy atom. The molecule has 2 aromatic carbocycles. The number of aromatic hydroxyl groups is 1. The molecule has 0 radical (unpaired) electrons. The molecule has 0 saturated heterocycles. The zero-order valence-electron chi connectivity index (χ0n) is 11.9. The van der Waals surface area contributed by atoms with E-state index in [1.807, 2.05) is 13.0 Å². The van der Waals surface area contributed by atoms with E-state index in [2.05, 4.69) is 0 Å². The number of carbonyl (C=O) groups excluding carboxylic acids is 1. The SMILES string of the molecule is CC(c1ccccc1O)N(C)C(=O)c1cccc(Cl)c1N. The minimum absolute atomic E-state index is 0.156. The summed E-state index contributed by atoms with van der Waals surface area (Å²) in [6.45, 7) is 1.84. The summed E-state index contributed by atoms with van der Waals surface area (Å²) in [5, 5.41) is 10.2. The summed E-state index contributed by atoms with van der Waals surface area (Å²) in [5.74, 6) is -0.0885. The van der Waals surface area contributed by atoms with Gasteiger partial charge in [-0.25, -0.2) is 0 Å². The number of rotatable bonds is 3. The maximum absolute atomic E-state index is 12.5. The molecule has 0 spiro atoms. The molecule has 2 rings (SSSR count). The van der Waals surface area contributed by atoms with Crippen LogP contribution >= 0.6 is 11.6 Å². The Kier molecular flexibility index (Phi) is 4.38. The molecule has 0 heterocycles. The third-order valence-corrected chi connectivity index (χ3v) is 3.90. The Morgan fingerprint density at radius 1 is 1.24 bits per heavy atom. The van der Waals surface area contributed by atoms with Crippen molar-refractivity contribution >= 4 is 23.2 Å². The second-order valence-corrected chi connectivity index (χ2v) is 5.26. The van der Waals surface area contributed by atoms with Crippen LogP contribution in [-0.2, 0) is 0 Å². The van der Waals surface area contributed by atoms with Gasteiger partial charge in [-0.05, 0) is 25.1 Å². The Labute approximate surface area is 128 Å². The minimum atomic E-state index is -0.294. The lowest BCUT2D eigenvalue weighted by atomic mass is 10.0. The number of carbonyl (C=O) groups is 1. The van der Waals surface area contributed by atoms with Gasteiger partial charge in [0.15, 0.2) is 0 Å². The van der Waals surface area contributed by atoms with Gasteiger partial charge in [0.05, 0.1) is 22.3 Å². The van der Waals surface area contributed by atoms with Crippen LogP contribution in [0.3, 0.4) is 0 Å². The van der Waals surface area contributed by atoms with E-state index in [-0.39, 0.29) is 23.4 Å². The smallest absolute Gasteiger partial charge is 0.256 e. The van der Waals surface area contributed by atoms with Crippen molar-refractivity contribution in [3.8, 4) is 5.75 Å². The van der Waals surface area contributed by atoms with Crippen molar-refractivity contribution < 1.29 is 9.90 Å². The topological polar surface area (TPSA) is 66.6 Å². The molecule has 0 fully saturated rings. The molecule has 0 saturated carbocycles. The van der Waals surface area contributed by atoms with Crippen molar-refractivity contribution in [1.29, 1.82) is 0 Å². The Balaban J connectivity index is 2.31. The monoisotopic (exact) mass is 304 g/mol. The van der Waals surface area contributed by atoms with Crippen molar-refractivity contribution in [3.63, 3.8) is 0 Å². The molecule has 4 nitrogen and oxygen atoms in total. The van der Waals surface area contributed by atoms with Crippen LogP contribution < -0.4 is 5.73 Å². The van der Waals surface area contributed by atoms with Crippen LogP contribution in [0.25, 0.3) is 0 Å². The van der Waals surface area contributed by atoms with E-state index in [1.54, 1.807) is 43.4 Å². The number of hydrogen-bond acceptors (Lipinski definition) is 3. The Bertz CT molecular complexity index is 673. The van der Waals surface area contributed by atoms with Crippen LogP contribution in [0, 0.1) is 0 Å². The fourth-order valence-electron chi connectivity index (χ4n) is 2.14. The zero-order valence-corrected chi connectivity index (χ0v) is 12.6. The summed E-state index contributed by atoms with van der Waals surface area (Å²) in [6.07, 6.45) is 0. The summed E-state index contributed by atoms with van der Waals surface area (Å²) in [5.41, 5.74) is 7.15. The molecule has 5 heteroatoms. The lowest BCUT2D eigenvalue weighted by Crippen LogP contribution is -2.30. The fraction of sp³-hybridized carbons (Fsp3) is 0.188. The molecule has 1 atom stereocenters. The number of amides is 1. The first-order valence-electron chi connectivity index (χ1n) is 6.52. The van der Waals surface area contributed by atoms with Crippen LogP contribution in [0.5, 0.6) is 5.75 Å². The number of benzene rings is 2. The van der Waals surface area contributed by atoms with E-state index in [0.29, 0.717) is 16.1 Å².